The van der Waals surface area contributed by atoms with Gasteiger partial charge in [-0.15, -0.1) is 11.3 Å². The van der Waals surface area contributed by atoms with Crippen molar-refractivity contribution < 1.29 is 18.0 Å². The van der Waals surface area contributed by atoms with Gasteiger partial charge >= 0.3 is 6.18 Å². The van der Waals surface area contributed by atoms with E-state index in [1.165, 1.54) is 11.3 Å². The van der Waals surface area contributed by atoms with Crippen molar-refractivity contribution >= 4 is 39.0 Å². The van der Waals surface area contributed by atoms with Crippen molar-refractivity contribution in [3.63, 3.8) is 0 Å². The van der Waals surface area contributed by atoms with Crippen LogP contribution in [-0.4, -0.2) is 26.8 Å². The van der Waals surface area contributed by atoms with Crippen LogP contribution >= 0.6 is 27.3 Å². The van der Waals surface area contributed by atoms with Gasteiger partial charge in [0, 0.05) is 30.2 Å². The van der Waals surface area contributed by atoms with Crippen LogP contribution in [0.1, 0.15) is 39.4 Å². The molecule has 1 amide bonds. The molecule has 4 heterocycles. The number of hydrogen-bond acceptors (Lipinski definition) is 5. The number of hydrogen-bond donors (Lipinski definition) is 2. The molecule has 0 saturated carbocycles. The van der Waals surface area contributed by atoms with Crippen molar-refractivity contribution in [2.45, 2.75) is 31.2 Å². The van der Waals surface area contributed by atoms with Crippen LogP contribution in [-0.2, 0) is 6.54 Å². The normalized spacial score (nSPS) is 18.8. The highest BCUT2D eigenvalue weighted by Gasteiger charge is 2.47. The summed E-state index contributed by atoms with van der Waals surface area (Å²) >= 11 is 4.65. The minimum absolute atomic E-state index is 0.0996. The molecule has 0 unspecified atom stereocenters. The lowest BCUT2D eigenvalue weighted by molar-refractivity contribution is -0.173. The van der Waals surface area contributed by atoms with E-state index in [0.29, 0.717) is 0 Å². The molecule has 4 rings (SSSR count). The Balaban J connectivity index is 1.63. The molecular weight excluding hydrogens is 471 g/mol. The molecule has 3 aromatic heterocycles. The zero-order valence-corrected chi connectivity index (χ0v) is 17.2. The number of anilines is 1. The summed E-state index contributed by atoms with van der Waals surface area (Å²) in [6, 6.07) is 4.75. The van der Waals surface area contributed by atoms with Crippen molar-refractivity contribution in [3.8, 4) is 0 Å². The predicted octanol–water partition coefficient (Wildman–Crippen LogP) is 4.69. The van der Waals surface area contributed by atoms with Gasteiger partial charge in [-0.05, 0) is 39.0 Å². The molecule has 1 aliphatic heterocycles. The van der Waals surface area contributed by atoms with E-state index in [0.717, 1.165) is 15.1 Å². The highest BCUT2D eigenvalue weighted by molar-refractivity contribution is 9.10. The van der Waals surface area contributed by atoms with Crippen molar-refractivity contribution in [2.24, 2.45) is 0 Å². The average molecular weight is 486 g/mol. The van der Waals surface area contributed by atoms with E-state index >= 15 is 0 Å². The van der Waals surface area contributed by atoms with Gasteiger partial charge in [-0.1, -0.05) is 12.1 Å². The summed E-state index contributed by atoms with van der Waals surface area (Å²) in [5, 5.41) is 11.6. The number of halogens is 4. The Morgan fingerprint density at radius 3 is 2.86 bits per heavy atom. The Hall–Kier alpha value is -2.40. The molecule has 6 nitrogen and oxygen atoms in total. The van der Waals surface area contributed by atoms with Gasteiger partial charge in [0.1, 0.15) is 5.82 Å². The van der Waals surface area contributed by atoms with Crippen molar-refractivity contribution in [1.29, 1.82) is 0 Å². The number of carbonyl (C=O) groups is 1. The minimum Gasteiger partial charge on any atom is -0.362 e. The summed E-state index contributed by atoms with van der Waals surface area (Å²) in [6.07, 6.45) is -1.50. The first-order valence-electron chi connectivity index (χ1n) is 8.66. The molecule has 3 aromatic rings. The van der Waals surface area contributed by atoms with Crippen LogP contribution in [0.5, 0.6) is 0 Å². The Morgan fingerprint density at radius 1 is 1.38 bits per heavy atom. The number of nitrogens with zero attached hydrogens (tertiary/aromatic N) is 3. The van der Waals surface area contributed by atoms with Crippen LogP contribution in [0.25, 0.3) is 0 Å². The summed E-state index contributed by atoms with van der Waals surface area (Å²) < 4.78 is 42.3. The van der Waals surface area contributed by atoms with Crippen LogP contribution in [0.3, 0.4) is 0 Å². The molecule has 2 atom stereocenters. The Bertz CT molecular complexity index is 1010. The maximum Gasteiger partial charge on any atom is 0.410 e. The number of amides is 1. The fraction of sp³-hybridized carbons (Fsp3) is 0.278. The quantitative estimate of drug-likeness (QED) is 0.562. The molecule has 0 spiro atoms. The lowest BCUT2D eigenvalue weighted by atomic mass is 10.0. The molecule has 0 aromatic carbocycles. The molecule has 0 aliphatic carbocycles. The molecule has 29 heavy (non-hydrogen) atoms. The lowest BCUT2D eigenvalue weighted by Gasteiger charge is -2.33. The maximum atomic E-state index is 13.7. The third kappa shape index (κ3) is 4.01. The van der Waals surface area contributed by atoms with Gasteiger partial charge in [-0.3, -0.25) is 9.78 Å². The first-order chi connectivity index (χ1) is 13.8. The largest absolute Gasteiger partial charge is 0.410 e. The van der Waals surface area contributed by atoms with Gasteiger partial charge in [0.25, 0.3) is 5.91 Å². The standard InChI is InChI=1S/C18H15BrF3N5OS/c19-14-15(17(28)24-9-10-3-1-5-23-8-10)26-27-13(18(20,21)22)7-11(25-16(14)27)12-4-2-6-29-12/h1-6,8,11,13,25H,7,9H2,(H,24,28)/t11-,13+/m0/s1. The SMILES string of the molecule is O=C(NCc1cccnc1)c1nn2c(c1Br)N[C@H](c1cccs1)C[C@@H]2C(F)(F)F. The number of carbonyl (C=O) groups excluding carboxylic acids is 1. The Labute approximate surface area is 176 Å². The summed E-state index contributed by atoms with van der Waals surface area (Å²) in [4.78, 5) is 17.3. The van der Waals surface area contributed by atoms with Crippen LogP contribution in [0.4, 0.5) is 19.0 Å². The molecule has 152 valence electrons. The second-order valence-corrected chi connectivity index (χ2v) is 8.28. The van der Waals surface area contributed by atoms with E-state index < -0.39 is 24.2 Å². The lowest BCUT2D eigenvalue weighted by Crippen LogP contribution is -2.35. The zero-order chi connectivity index (χ0) is 20.6. The van der Waals surface area contributed by atoms with Crippen LogP contribution in [0.15, 0.2) is 46.5 Å². The Morgan fingerprint density at radius 2 is 2.21 bits per heavy atom. The number of aromatic nitrogens is 3. The first-order valence-corrected chi connectivity index (χ1v) is 10.3. The van der Waals surface area contributed by atoms with Crippen LogP contribution in [0, 0.1) is 0 Å². The molecular formula is C18H15BrF3N5OS. The average Bonchev–Trinajstić information content (AvgIpc) is 3.34. The van der Waals surface area contributed by atoms with Crippen molar-refractivity contribution in [1.82, 2.24) is 20.1 Å². The predicted molar refractivity (Wildman–Crippen MR) is 106 cm³/mol. The van der Waals surface area contributed by atoms with Gasteiger partial charge in [-0.2, -0.15) is 18.3 Å². The van der Waals surface area contributed by atoms with Gasteiger partial charge < -0.3 is 10.6 Å². The fourth-order valence-electron chi connectivity index (χ4n) is 3.18. The molecule has 2 N–H and O–H groups in total. The van der Waals surface area contributed by atoms with E-state index in [-0.39, 0.29) is 29.0 Å². The number of fused-ring (bicyclic) bond motifs is 1. The van der Waals surface area contributed by atoms with E-state index in [9.17, 15) is 18.0 Å². The summed E-state index contributed by atoms with van der Waals surface area (Å²) in [6.45, 7) is 0.190. The Kier molecular flexibility index (Phi) is 5.34. The van der Waals surface area contributed by atoms with Gasteiger partial charge in [0.05, 0.1) is 10.5 Å². The number of pyridine rings is 1. The molecule has 0 saturated heterocycles. The van der Waals surface area contributed by atoms with Gasteiger partial charge in [0.2, 0.25) is 0 Å². The molecule has 0 fully saturated rings. The second kappa shape index (κ2) is 7.79. The highest BCUT2D eigenvalue weighted by Crippen LogP contribution is 2.46. The number of rotatable bonds is 4. The van der Waals surface area contributed by atoms with E-state index in [1.54, 1.807) is 36.7 Å². The second-order valence-electron chi connectivity index (χ2n) is 6.51. The summed E-state index contributed by atoms with van der Waals surface area (Å²) in [5.74, 6) is -0.429. The monoisotopic (exact) mass is 485 g/mol. The molecule has 0 radical (unpaired) electrons. The smallest absolute Gasteiger partial charge is 0.362 e. The van der Waals surface area contributed by atoms with Crippen molar-refractivity contribution in [2.75, 3.05) is 5.32 Å². The minimum atomic E-state index is -4.50. The molecule has 0 bridgehead atoms. The third-order valence-corrected chi connectivity index (χ3v) is 6.31. The molecule has 11 heteroatoms. The van der Waals surface area contributed by atoms with E-state index in [2.05, 4.69) is 36.6 Å². The maximum absolute atomic E-state index is 13.7. The van der Waals surface area contributed by atoms with Crippen molar-refractivity contribution in [3.05, 3.63) is 62.6 Å². The highest BCUT2D eigenvalue weighted by atomic mass is 79.9. The first kappa shape index (κ1) is 19.9. The van der Waals surface area contributed by atoms with Gasteiger partial charge in [0.15, 0.2) is 11.7 Å². The number of thiophene rings is 1. The van der Waals surface area contributed by atoms with Gasteiger partial charge in [-0.25, -0.2) is 4.68 Å². The zero-order valence-electron chi connectivity index (χ0n) is 14.8. The summed E-state index contributed by atoms with van der Waals surface area (Å²) in [5.41, 5.74) is 0.669. The number of nitrogens with one attached hydrogen (secondary N) is 2. The topological polar surface area (TPSA) is 71.8 Å². The van der Waals surface area contributed by atoms with E-state index in [1.807, 2.05) is 5.38 Å². The molecule has 1 aliphatic rings. The number of alkyl halides is 3. The van der Waals surface area contributed by atoms with Crippen LogP contribution in [0.2, 0.25) is 0 Å². The van der Waals surface area contributed by atoms with E-state index in [4.69, 9.17) is 0 Å². The third-order valence-electron chi connectivity index (χ3n) is 4.57. The van der Waals surface area contributed by atoms with Crippen LogP contribution < -0.4 is 10.6 Å². The fourth-order valence-corrected chi connectivity index (χ4v) is 4.53. The summed E-state index contributed by atoms with van der Waals surface area (Å²) in [7, 11) is 0.